The maximum absolute atomic E-state index is 7.73. The number of nitrogens with zero attached hydrogens (tertiary/aromatic N) is 5. The number of hydrogen-bond acceptors (Lipinski definition) is 4. The fourth-order valence-corrected chi connectivity index (χ4v) is 5.61. The zero-order valence-corrected chi connectivity index (χ0v) is 30.0. The molecular weight excluding hydrogens is 637 g/mol. The summed E-state index contributed by atoms with van der Waals surface area (Å²) in [6, 6.07) is 24.4. The fourth-order valence-electron chi connectivity index (χ4n) is 5.61. The largest absolute Gasteiger partial charge is 0.308 e. The first-order chi connectivity index (χ1) is 25.5. The smallest absolute Gasteiger partial charge is 0.162 e. The molecule has 1 aliphatic rings. The minimum atomic E-state index is 0.258. The average Bonchev–Trinajstić information content (AvgIpc) is 3.21. The highest BCUT2D eigenvalue weighted by Gasteiger charge is 2.22. The Hall–Kier alpha value is -6.66. The molecule has 0 atom stereocenters. The van der Waals surface area contributed by atoms with E-state index in [0.717, 1.165) is 61.4 Å². The molecule has 6 nitrogen and oxygen atoms in total. The third-order valence-corrected chi connectivity index (χ3v) is 8.08. The van der Waals surface area contributed by atoms with Gasteiger partial charge in [-0.05, 0) is 57.8 Å². The van der Waals surface area contributed by atoms with E-state index in [-0.39, 0.29) is 6.54 Å². The summed E-state index contributed by atoms with van der Waals surface area (Å²) in [7, 11) is 0. The van der Waals surface area contributed by atoms with Crippen LogP contribution in [0.15, 0.2) is 174 Å². The Morgan fingerprint density at radius 3 is 2.12 bits per heavy atom. The number of hydrogen-bond donors (Lipinski definition) is 1. The molecule has 0 saturated heterocycles. The zero-order valence-electron chi connectivity index (χ0n) is 30.0. The van der Waals surface area contributed by atoms with Crippen LogP contribution in [0.1, 0.15) is 52.8 Å². The number of amidine groups is 2. The number of fused-ring (bicyclic) bond motifs is 1. The van der Waals surface area contributed by atoms with E-state index in [4.69, 9.17) is 20.4 Å². The fraction of sp³-hybridized carbons (Fsp3) is 0.0870. The third-order valence-electron chi connectivity index (χ3n) is 8.08. The molecule has 258 valence electrons. The van der Waals surface area contributed by atoms with Crippen LogP contribution in [0.2, 0.25) is 0 Å². The van der Waals surface area contributed by atoms with E-state index in [1.807, 2.05) is 74.5 Å². The number of nitrogens with one attached hydrogen (secondary N) is 1. The molecule has 6 heteroatoms. The highest BCUT2D eigenvalue weighted by Crippen LogP contribution is 2.34. The molecule has 0 saturated carbocycles. The lowest BCUT2D eigenvalue weighted by molar-refractivity contribution is 1.19. The molecule has 0 fully saturated rings. The van der Waals surface area contributed by atoms with Gasteiger partial charge in [-0.15, -0.1) is 0 Å². The molecule has 1 aromatic heterocycles. The van der Waals surface area contributed by atoms with Gasteiger partial charge in [0.2, 0.25) is 0 Å². The predicted octanol–water partition coefficient (Wildman–Crippen LogP) is 10.7. The summed E-state index contributed by atoms with van der Waals surface area (Å²) in [5.74, 6) is 0.875. The highest BCUT2D eigenvalue weighted by molar-refractivity contribution is 6.18. The van der Waals surface area contributed by atoms with Crippen molar-refractivity contribution in [1.29, 1.82) is 5.41 Å². The second-order valence-corrected chi connectivity index (χ2v) is 11.1. The first kappa shape index (κ1) is 38.1. The standard InChI is InChI=1S/C44H38N6.C2H6/c1-6-10-11-14-37-30-48-42(40-25-24-32(8-3)39(9-4)41(37)40)35-20-16-33(17-21-35)34-18-22-36(23-19-34)44(49-28-31(27-45)13-7-2)50-43(46-5)38-15-12-26-47-29-38;1-2/h6-27,29,45H,1-5,28,30H2;1-2H3/b11-10-,31-13+,37-14+,45-27?,49-44?,50-43?;. The van der Waals surface area contributed by atoms with Gasteiger partial charge in [-0.25, -0.2) is 9.98 Å². The second-order valence-electron chi connectivity index (χ2n) is 11.1. The summed E-state index contributed by atoms with van der Waals surface area (Å²) in [6.45, 7) is 24.2. The molecular formula is C46H44N6. The molecule has 0 aliphatic carbocycles. The Morgan fingerprint density at radius 2 is 1.52 bits per heavy atom. The summed E-state index contributed by atoms with van der Waals surface area (Å²) in [5.41, 5.74) is 11.7. The van der Waals surface area contributed by atoms with E-state index in [2.05, 4.69) is 85.5 Å². The van der Waals surface area contributed by atoms with Crippen LogP contribution in [-0.4, -0.2) is 48.4 Å². The van der Waals surface area contributed by atoms with Crippen molar-refractivity contribution in [2.24, 2.45) is 20.0 Å². The molecule has 1 N–H and O–H groups in total. The molecule has 0 radical (unpaired) electrons. The molecule has 5 rings (SSSR count). The predicted molar refractivity (Wildman–Crippen MR) is 226 cm³/mol. The van der Waals surface area contributed by atoms with E-state index in [1.54, 1.807) is 30.6 Å². The lowest BCUT2D eigenvalue weighted by atomic mass is 9.84. The van der Waals surface area contributed by atoms with Crippen molar-refractivity contribution < 1.29 is 0 Å². The van der Waals surface area contributed by atoms with Crippen LogP contribution in [0.5, 0.6) is 0 Å². The summed E-state index contributed by atoms with van der Waals surface area (Å²) in [4.78, 5) is 22.9. The van der Waals surface area contributed by atoms with Gasteiger partial charge >= 0.3 is 0 Å². The van der Waals surface area contributed by atoms with Gasteiger partial charge < -0.3 is 5.41 Å². The SMILES string of the molecule is C=C/C=C\C=C1/CN=C(c2ccc(-c3ccc(C(=NC/C(C=N)=C/C=C)N=C(N=C)c4cccnc4)cc3)cc2)c2ccc(C=C)c(C=C)c21.CC. The molecule has 4 aromatic rings. The van der Waals surface area contributed by atoms with Crippen molar-refractivity contribution in [2.45, 2.75) is 13.8 Å². The number of allylic oxidation sites excluding steroid dienone is 6. The maximum atomic E-state index is 7.73. The minimum Gasteiger partial charge on any atom is -0.308 e. The van der Waals surface area contributed by atoms with Crippen molar-refractivity contribution in [1.82, 2.24) is 4.98 Å². The molecule has 3 aromatic carbocycles. The first-order valence-corrected chi connectivity index (χ1v) is 17.0. The second kappa shape index (κ2) is 19.5. The van der Waals surface area contributed by atoms with E-state index >= 15 is 0 Å². The number of benzene rings is 3. The van der Waals surface area contributed by atoms with Crippen molar-refractivity contribution in [2.75, 3.05) is 13.1 Å². The lowest BCUT2D eigenvalue weighted by Crippen LogP contribution is -2.15. The number of pyridine rings is 1. The van der Waals surface area contributed by atoms with Crippen LogP contribution in [0.3, 0.4) is 0 Å². The van der Waals surface area contributed by atoms with Crippen molar-refractivity contribution >= 4 is 48.0 Å². The van der Waals surface area contributed by atoms with Gasteiger partial charge in [0.05, 0.1) is 18.8 Å². The van der Waals surface area contributed by atoms with Gasteiger partial charge in [-0.3, -0.25) is 15.0 Å². The quantitative estimate of drug-likeness (QED) is 0.0901. The highest BCUT2D eigenvalue weighted by atomic mass is 15.0. The Morgan fingerprint density at radius 1 is 0.808 bits per heavy atom. The van der Waals surface area contributed by atoms with Crippen LogP contribution in [0, 0.1) is 5.41 Å². The van der Waals surface area contributed by atoms with Crippen molar-refractivity contribution in [3.8, 4) is 11.1 Å². The van der Waals surface area contributed by atoms with E-state index in [0.29, 0.717) is 23.8 Å². The number of aromatic nitrogens is 1. The van der Waals surface area contributed by atoms with Gasteiger partial charge in [-0.1, -0.05) is 149 Å². The summed E-state index contributed by atoms with van der Waals surface area (Å²) in [5, 5.41) is 7.73. The summed E-state index contributed by atoms with van der Waals surface area (Å²) in [6.07, 6.45) is 19.6. The number of aliphatic imine (C=N–C) groups is 4. The normalized spacial score (nSPS) is 13.7. The van der Waals surface area contributed by atoms with E-state index in [9.17, 15) is 0 Å². The molecule has 0 spiro atoms. The van der Waals surface area contributed by atoms with Crippen molar-refractivity contribution in [3.63, 3.8) is 0 Å². The van der Waals surface area contributed by atoms with Gasteiger partial charge in [0.1, 0.15) is 0 Å². The van der Waals surface area contributed by atoms with Gasteiger partial charge in [0.15, 0.2) is 11.7 Å². The van der Waals surface area contributed by atoms with Crippen LogP contribution in [0.25, 0.3) is 28.9 Å². The minimum absolute atomic E-state index is 0.258. The average molecular weight is 681 g/mol. The van der Waals surface area contributed by atoms with Gasteiger partial charge in [0.25, 0.3) is 0 Å². The van der Waals surface area contributed by atoms with Crippen LogP contribution in [-0.2, 0) is 0 Å². The third kappa shape index (κ3) is 9.11. The maximum Gasteiger partial charge on any atom is 0.162 e. The molecule has 52 heavy (non-hydrogen) atoms. The van der Waals surface area contributed by atoms with E-state index in [1.165, 1.54) is 6.21 Å². The number of rotatable bonds is 12. The first-order valence-electron chi connectivity index (χ1n) is 17.0. The Bertz CT molecular complexity index is 2120. The molecule has 2 heterocycles. The monoisotopic (exact) mass is 680 g/mol. The Labute approximate surface area is 308 Å². The summed E-state index contributed by atoms with van der Waals surface area (Å²) < 4.78 is 0. The van der Waals surface area contributed by atoms with Crippen LogP contribution in [0.4, 0.5) is 0 Å². The van der Waals surface area contributed by atoms with Crippen LogP contribution < -0.4 is 0 Å². The Kier molecular flexibility index (Phi) is 14.3. The summed E-state index contributed by atoms with van der Waals surface area (Å²) >= 11 is 0. The van der Waals surface area contributed by atoms with Gasteiger partial charge in [-0.2, -0.15) is 0 Å². The molecule has 0 bridgehead atoms. The zero-order chi connectivity index (χ0) is 37.3. The lowest BCUT2D eigenvalue weighted by Gasteiger charge is -2.23. The Balaban J connectivity index is 0.00000297. The van der Waals surface area contributed by atoms with Gasteiger partial charge in [0, 0.05) is 40.9 Å². The molecule has 1 aliphatic heterocycles. The van der Waals surface area contributed by atoms with E-state index < -0.39 is 0 Å². The molecule has 0 amide bonds. The van der Waals surface area contributed by atoms with Crippen LogP contribution >= 0.6 is 0 Å². The molecule has 0 unspecified atom stereocenters. The topological polar surface area (TPSA) is 86.2 Å². The van der Waals surface area contributed by atoms with Crippen molar-refractivity contribution in [3.05, 3.63) is 192 Å².